The minimum atomic E-state index is -1.20. The first kappa shape index (κ1) is 29.9. The average molecular weight is 607 g/mol. The number of nitrogens with two attached hydrogens (primary N) is 1. The topological polar surface area (TPSA) is 160 Å². The minimum Gasteiger partial charge on any atom is -0.480 e. The van der Waals surface area contributed by atoms with Gasteiger partial charge in [0.1, 0.15) is 11.9 Å². The number of nitrogens with zero attached hydrogens (tertiary/aromatic N) is 4. The molecule has 45 heavy (non-hydrogen) atoms. The van der Waals surface area contributed by atoms with Crippen LogP contribution in [0.2, 0.25) is 0 Å². The fourth-order valence-electron chi connectivity index (χ4n) is 6.22. The summed E-state index contributed by atoms with van der Waals surface area (Å²) in [5.74, 6) is -1.79. The summed E-state index contributed by atoms with van der Waals surface area (Å²) in [6.07, 6.45) is 0.960. The van der Waals surface area contributed by atoms with Crippen LogP contribution in [0.25, 0.3) is 10.9 Å². The first-order valence-corrected chi connectivity index (χ1v) is 15.0. The monoisotopic (exact) mass is 606 g/mol. The number of anilines is 1. The maximum atomic E-state index is 14.2. The molecule has 0 radical (unpaired) electrons. The predicted molar refractivity (Wildman–Crippen MR) is 171 cm³/mol. The van der Waals surface area contributed by atoms with Crippen LogP contribution in [0, 0.1) is 13.8 Å². The molecule has 4 aromatic rings. The number of aryl methyl sites for hydroxylation is 2. The molecule has 3 aromatic carbocycles. The fraction of sp³-hybridized carbons (Fsp3) is 0.294. The van der Waals surface area contributed by atoms with E-state index in [9.17, 15) is 24.3 Å². The molecule has 1 aromatic heterocycles. The summed E-state index contributed by atoms with van der Waals surface area (Å²) in [6, 6.07) is 17.1. The van der Waals surface area contributed by atoms with E-state index in [1.165, 1.54) is 22.8 Å². The van der Waals surface area contributed by atoms with Crippen LogP contribution in [0.3, 0.4) is 0 Å². The van der Waals surface area contributed by atoms with E-state index in [4.69, 9.17) is 10.7 Å². The lowest BCUT2D eigenvalue weighted by Gasteiger charge is -2.23. The number of amides is 2. The predicted octanol–water partition coefficient (Wildman–Crippen LogP) is 3.26. The maximum absolute atomic E-state index is 14.2. The second kappa shape index (κ2) is 12.1. The van der Waals surface area contributed by atoms with Crippen LogP contribution in [0.1, 0.15) is 63.9 Å². The van der Waals surface area contributed by atoms with Crippen LogP contribution in [-0.4, -0.2) is 57.3 Å². The Morgan fingerprint density at radius 1 is 1.07 bits per heavy atom. The molecule has 0 spiro atoms. The molecule has 0 saturated heterocycles. The van der Waals surface area contributed by atoms with Gasteiger partial charge in [-0.25, -0.2) is 14.8 Å². The Bertz CT molecular complexity index is 1930. The molecule has 0 aliphatic carbocycles. The number of carboxylic acid groups (broad SMARTS) is 1. The summed E-state index contributed by atoms with van der Waals surface area (Å²) in [5, 5.41) is 12.3. The third-order valence-corrected chi connectivity index (χ3v) is 8.38. The Labute approximate surface area is 259 Å². The van der Waals surface area contributed by atoms with Crippen molar-refractivity contribution >= 4 is 40.1 Å². The molecular weight excluding hydrogens is 572 g/mol. The fourth-order valence-corrected chi connectivity index (χ4v) is 6.22. The Kier molecular flexibility index (Phi) is 8.03. The van der Waals surface area contributed by atoms with Crippen molar-refractivity contribution in [2.24, 2.45) is 10.7 Å². The van der Waals surface area contributed by atoms with Crippen LogP contribution in [0.15, 0.2) is 70.5 Å². The molecule has 0 bridgehead atoms. The number of fused-ring (bicyclic) bond motifs is 1. The Morgan fingerprint density at radius 3 is 2.58 bits per heavy atom. The van der Waals surface area contributed by atoms with Gasteiger partial charge in [-0.1, -0.05) is 42.0 Å². The van der Waals surface area contributed by atoms with Gasteiger partial charge in [0, 0.05) is 23.2 Å². The van der Waals surface area contributed by atoms with E-state index >= 15 is 0 Å². The Hall–Kier alpha value is -5.16. The number of aliphatic carboxylic acids is 1. The van der Waals surface area contributed by atoms with Gasteiger partial charge in [0.2, 0.25) is 6.17 Å². The lowest BCUT2D eigenvalue weighted by molar-refractivity contribution is -0.139. The van der Waals surface area contributed by atoms with E-state index in [1.807, 2.05) is 43.3 Å². The first-order valence-electron chi connectivity index (χ1n) is 15.0. The third-order valence-electron chi connectivity index (χ3n) is 8.38. The molecular formula is C34H34N6O5. The zero-order valence-corrected chi connectivity index (χ0v) is 25.1. The van der Waals surface area contributed by atoms with Crippen molar-refractivity contribution in [3.63, 3.8) is 0 Å². The molecule has 0 fully saturated rings. The van der Waals surface area contributed by atoms with Crippen LogP contribution in [-0.2, 0) is 16.0 Å². The van der Waals surface area contributed by atoms with Gasteiger partial charge >= 0.3 is 5.97 Å². The summed E-state index contributed by atoms with van der Waals surface area (Å²) >= 11 is 0. The van der Waals surface area contributed by atoms with E-state index in [2.05, 4.69) is 16.4 Å². The summed E-state index contributed by atoms with van der Waals surface area (Å²) in [5.41, 5.74) is 10.7. The van der Waals surface area contributed by atoms with Gasteiger partial charge in [0.05, 0.1) is 22.3 Å². The third kappa shape index (κ3) is 5.51. The molecule has 4 N–H and O–H groups in total. The highest BCUT2D eigenvalue weighted by atomic mass is 16.4. The molecule has 0 saturated carbocycles. The van der Waals surface area contributed by atoms with Crippen molar-refractivity contribution in [2.75, 3.05) is 18.0 Å². The number of carbonyl (C=O) groups excluding carboxylic acids is 2. The van der Waals surface area contributed by atoms with Gasteiger partial charge in [-0.2, -0.15) is 0 Å². The number of hydrogen-bond acceptors (Lipinski definition) is 7. The Balaban J connectivity index is 1.42. The number of hydrogen-bond donors (Lipinski definition) is 3. The molecule has 2 amide bonds. The molecule has 11 heteroatoms. The number of aliphatic imine (C=N–C) groups is 1. The SMILES string of the molecule is Cc1cc2c3c(c1)C(c1ccccc1)=NC(n1c(C)nc4cc(C(=O)NC(CCCCN)C(=O)O)ccc4c1=O)C(=O)N3CC2. The summed E-state index contributed by atoms with van der Waals surface area (Å²) in [6.45, 7) is 4.57. The second-order valence-corrected chi connectivity index (χ2v) is 11.5. The smallest absolute Gasteiger partial charge is 0.326 e. The van der Waals surface area contributed by atoms with Gasteiger partial charge < -0.3 is 21.1 Å². The average Bonchev–Trinajstić information content (AvgIpc) is 3.40. The van der Waals surface area contributed by atoms with E-state index < -0.39 is 29.6 Å². The van der Waals surface area contributed by atoms with Crippen molar-refractivity contribution in [1.82, 2.24) is 14.9 Å². The standard InChI is InChI=1S/C34H34N6O5/c1-19-16-22-13-15-39-29(22)25(17-19)28(21-8-4-3-5-9-21)38-30(33(39)43)40-20(2)36-27-18-23(11-12-24(27)32(40)42)31(41)37-26(34(44)45)10-6-7-14-35/h3-5,8-9,11-12,16-18,26,30H,6-7,10,13-15,35H2,1-2H3,(H,37,41)(H,44,45). The van der Waals surface area contributed by atoms with Gasteiger partial charge in [-0.3, -0.25) is 19.0 Å². The van der Waals surface area contributed by atoms with E-state index in [0.717, 1.165) is 27.9 Å². The largest absolute Gasteiger partial charge is 0.480 e. The molecule has 11 nitrogen and oxygen atoms in total. The van der Waals surface area contributed by atoms with E-state index in [-0.39, 0.29) is 34.6 Å². The number of carbonyl (C=O) groups is 3. The highest BCUT2D eigenvalue weighted by Gasteiger charge is 2.38. The number of unbranched alkanes of at least 4 members (excludes halogenated alkanes) is 1. The number of benzene rings is 3. The number of carboxylic acids is 1. The van der Waals surface area contributed by atoms with Crippen LogP contribution >= 0.6 is 0 Å². The normalized spacial score (nSPS) is 16.2. The van der Waals surface area contributed by atoms with Gasteiger partial charge in [-0.05, 0) is 75.9 Å². The Morgan fingerprint density at radius 2 is 1.84 bits per heavy atom. The van der Waals surface area contributed by atoms with Crippen molar-refractivity contribution in [1.29, 1.82) is 0 Å². The summed E-state index contributed by atoms with van der Waals surface area (Å²) < 4.78 is 1.32. The minimum absolute atomic E-state index is 0.168. The van der Waals surface area contributed by atoms with Crippen molar-refractivity contribution < 1.29 is 19.5 Å². The van der Waals surface area contributed by atoms with Crippen LogP contribution < -0.4 is 21.5 Å². The lowest BCUT2D eigenvalue weighted by Crippen LogP contribution is -2.41. The second-order valence-electron chi connectivity index (χ2n) is 11.5. The molecule has 2 unspecified atom stereocenters. The number of aromatic nitrogens is 2. The van der Waals surface area contributed by atoms with Crippen LogP contribution in [0.5, 0.6) is 0 Å². The molecule has 6 rings (SSSR count). The van der Waals surface area contributed by atoms with E-state index in [1.54, 1.807) is 11.8 Å². The highest BCUT2D eigenvalue weighted by Crippen LogP contribution is 2.39. The van der Waals surface area contributed by atoms with Crippen molar-refractivity contribution in [3.05, 3.63) is 105 Å². The zero-order valence-electron chi connectivity index (χ0n) is 25.1. The van der Waals surface area contributed by atoms with E-state index in [0.29, 0.717) is 38.1 Å². The molecule has 230 valence electrons. The maximum Gasteiger partial charge on any atom is 0.326 e. The quantitative estimate of drug-likeness (QED) is 0.247. The summed E-state index contributed by atoms with van der Waals surface area (Å²) in [7, 11) is 0. The highest BCUT2D eigenvalue weighted by molar-refractivity contribution is 6.20. The van der Waals surface area contributed by atoms with Crippen molar-refractivity contribution in [3.8, 4) is 0 Å². The van der Waals surface area contributed by atoms with Gasteiger partial charge in [0.15, 0.2) is 0 Å². The number of rotatable bonds is 9. The van der Waals surface area contributed by atoms with Gasteiger partial charge in [-0.15, -0.1) is 0 Å². The molecule has 2 atom stereocenters. The molecule has 2 aliphatic rings. The van der Waals surface area contributed by atoms with Gasteiger partial charge in [0.25, 0.3) is 17.4 Å². The number of nitrogens with one attached hydrogen (secondary N) is 1. The first-order chi connectivity index (χ1) is 21.7. The zero-order chi connectivity index (χ0) is 31.8. The lowest BCUT2D eigenvalue weighted by atomic mass is 9.96. The van der Waals surface area contributed by atoms with Crippen molar-refractivity contribution in [2.45, 2.75) is 51.7 Å². The molecule has 3 heterocycles. The summed E-state index contributed by atoms with van der Waals surface area (Å²) in [4.78, 5) is 64.3. The molecule has 2 aliphatic heterocycles. The van der Waals surface area contributed by atoms with Crippen LogP contribution in [0.4, 0.5) is 5.69 Å².